The molecule has 0 aromatic heterocycles. The van der Waals surface area contributed by atoms with Crippen molar-refractivity contribution in [1.29, 1.82) is 0 Å². The van der Waals surface area contributed by atoms with Gasteiger partial charge in [0.15, 0.2) is 0 Å². The highest BCUT2D eigenvalue weighted by molar-refractivity contribution is 6.07. The van der Waals surface area contributed by atoms with E-state index in [4.69, 9.17) is 0 Å². The molecule has 1 heteroatoms. The van der Waals surface area contributed by atoms with Crippen LogP contribution in [0.3, 0.4) is 0 Å². The highest BCUT2D eigenvalue weighted by atomic mass is 19.1. The molecule has 1 aliphatic carbocycles. The largest absolute Gasteiger partial charge is 0.207 e. The van der Waals surface area contributed by atoms with Crippen molar-refractivity contribution in [2.45, 2.75) is 20.3 Å². The molecule has 0 saturated heterocycles. The fourth-order valence-corrected chi connectivity index (χ4v) is 2.72. The molecule has 0 N–H and O–H groups in total. The van der Waals surface area contributed by atoms with Crippen LogP contribution in [-0.2, 0) is 0 Å². The number of benzene rings is 2. The molecule has 3 rings (SSSR count). The van der Waals surface area contributed by atoms with Gasteiger partial charge in [0, 0.05) is 0 Å². The van der Waals surface area contributed by atoms with E-state index in [0.717, 1.165) is 12.0 Å². The molecule has 0 bridgehead atoms. The summed E-state index contributed by atoms with van der Waals surface area (Å²) in [6.45, 7) is 4.29. The lowest BCUT2D eigenvalue weighted by atomic mass is 9.91. The van der Waals surface area contributed by atoms with Crippen molar-refractivity contribution in [3.63, 3.8) is 0 Å². The van der Waals surface area contributed by atoms with E-state index in [0.29, 0.717) is 0 Å². The number of allylic oxidation sites excluding steroid dienone is 4. The second-order valence-electron chi connectivity index (χ2n) is 5.23. The molecule has 2 aromatic carbocycles. The summed E-state index contributed by atoms with van der Waals surface area (Å²) >= 11 is 0. The van der Waals surface area contributed by atoms with Gasteiger partial charge in [-0.05, 0) is 65.8 Å². The molecule has 0 aliphatic heterocycles. The van der Waals surface area contributed by atoms with Crippen molar-refractivity contribution in [3.8, 4) is 0 Å². The average molecular weight is 264 g/mol. The molecule has 0 fully saturated rings. The monoisotopic (exact) mass is 264 g/mol. The van der Waals surface area contributed by atoms with Crippen LogP contribution in [0.1, 0.15) is 28.7 Å². The predicted octanol–water partition coefficient (Wildman–Crippen LogP) is 5.31. The Hall–Kier alpha value is -2.15. The summed E-state index contributed by atoms with van der Waals surface area (Å²) in [6.07, 6.45) is 5.40. The van der Waals surface area contributed by atoms with Crippen molar-refractivity contribution in [1.82, 2.24) is 0 Å². The van der Waals surface area contributed by atoms with Gasteiger partial charge in [-0.2, -0.15) is 0 Å². The molecule has 0 spiro atoms. The molecule has 1 aliphatic rings. The fourth-order valence-electron chi connectivity index (χ4n) is 2.72. The summed E-state index contributed by atoms with van der Waals surface area (Å²) in [5.41, 5.74) is 7.44. The van der Waals surface area contributed by atoms with Gasteiger partial charge in [0.25, 0.3) is 0 Å². The molecule has 100 valence electrons. The van der Waals surface area contributed by atoms with E-state index in [2.05, 4.69) is 44.2 Å². The zero-order valence-electron chi connectivity index (χ0n) is 11.8. The third-order valence-electron chi connectivity index (χ3n) is 3.98. The molecule has 0 heterocycles. The van der Waals surface area contributed by atoms with E-state index < -0.39 is 0 Å². The van der Waals surface area contributed by atoms with Gasteiger partial charge in [-0.3, -0.25) is 0 Å². The minimum atomic E-state index is -0.190. The highest BCUT2D eigenvalue weighted by Crippen LogP contribution is 2.38. The van der Waals surface area contributed by atoms with Crippen LogP contribution in [0, 0.1) is 19.7 Å². The minimum absolute atomic E-state index is 0.190. The Morgan fingerprint density at radius 3 is 2.30 bits per heavy atom. The maximum atomic E-state index is 13.1. The van der Waals surface area contributed by atoms with E-state index in [9.17, 15) is 4.39 Å². The van der Waals surface area contributed by atoms with Gasteiger partial charge in [0.05, 0.1) is 0 Å². The molecular weight excluding hydrogens is 247 g/mol. The highest BCUT2D eigenvalue weighted by Gasteiger charge is 2.16. The summed E-state index contributed by atoms with van der Waals surface area (Å²) < 4.78 is 13.1. The number of rotatable bonds is 2. The third-order valence-corrected chi connectivity index (χ3v) is 3.98. The smallest absolute Gasteiger partial charge is 0.123 e. The molecule has 0 radical (unpaired) electrons. The summed E-state index contributed by atoms with van der Waals surface area (Å²) in [5, 5.41) is 0. The lowest BCUT2D eigenvalue weighted by Gasteiger charge is -2.14. The molecule has 0 nitrogen and oxygen atoms in total. The summed E-state index contributed by atoms with van der Waals surface area (Å²) in [5.74, 6) is -0.190. The van der Waals surface area contributed by atoms with Crippen LogP contribution in [0.2, 0.25) is 0 Å². The van der Waals surface area contributed by atoms with E-state index in [1.807, 2.05) is 12.1 Å². The van der Waals surface area contributed by atoms with Gasteiger partial charge < -0.3 is 0 Å². The van der Waals surface area contributed by atoms with Gasteiger partial charge in [-0.15, -0.1) is 0 Å². The van der Waals surface area contributed by atoms with Gasteiger partial charge in [0.1, 0.15) is 5.82 Å². The maximum absolute atomic E-state index is 13.1. The fraction of sp³-hybridized carbons (Fsp3) is 0.158. The topological polar surface area (TPSA) is 0 Å². The predicted molar refractivity (Wildman–Crippen MR) is 82.9 cm³/mol. The van der Waals surface area contributed by atoms with Gasteiger partial charge in [-0.25, -0.2) is 4.39 Å². The van der Waals surface area contributed by atoms with Crippen molar-refractivity contribution < 1.29 is 4.39 Å². The SMILES string of the molecule is Cc1cccc(C2=CCC=C2c2ccc(F)cc2)c1C. The summed E-state index contributed by atoms with van der Waals surface area (Å²) in [4.78, 5) is 0. The molecule has 20 heavy (non-hydrogen) atoms. The van der Waals surface area contributed by atoms with E-state index in [-0.39, 0.29) is 5.82 Å². The van der Waals surface area contributed by atoms with Crippen LogP contribution in [0.5, 0.6) is 0 Å². The Labute approximate surface area is 119 Å². The van der Waals surface area contributed by atoms with Crippen LogP contribution < -0.4 is 0 Å². The van der Waals surface area contributed by atoms with Crippen LogP contribution in [0.25, 0.3) is 11.1 Å². The zero-order chi connectivity index (χ0) is 14.1. The second kappa shape index (κ2) is 5.09. The van der Waals surface area contributed by atoms with Gasteiger partial charge >= 0.3 is 0 Å². The number of hydrogen-bond acceptors (Lipinski definition) is 0. The molecule has 0 atom stereocenters. The number of hydrogen-bond donors (Lipinski definition) is 0. The standard InChI is InChI=1S/C19H17F/c1-13-5-3-6-17(14(13)2)19-8-4-7-18(19)15-9-11-16(20)12-10-15/h3,5-12H,4H2,1-2H3. The van der Waals surface area contributed by atoms with E-state index in [1.165, 1.54) is 40.0 Å². The maximum Gasteiger partial charge on any atom is 0.123 e. The quantitative estimate of drug-likeness (QED) is 0.689. The number of halogens is 1. The lowest BCUT2D eigenvalue weighted by Crippen LogP contribution is -1.93. The zero-order valence-corrected chi connectivity index (χ0v) is 11.8. The first-order valence-corrected chi connectivity index (χ1v) is 6.90. The van der Waals surface area contributed by atoms with Crippen molar-refractivity contribution in [3.05, 3.63) is 82.7 Å². The van der Waals surface area contributed by atoms with Crippen LogP contribution in [-0.4, -0.2) is 0 Å². The summed E-state index contributed by atoms with van der Waals surface area (Å²) in [6, 6.07) is 13.1. The molecular formula is C19H17F. The van der Waals surface area contributed by atoms with Crippen molar-refractivity contribution >= 4 is 11.1 Å². The Morgan fingerprint density at radius 2 is 1.55 bits per heavy atom. The second-order valence-corrected chi connectivity index (χ2v) is 5.23. The molecule has 0 unspecified atom stereocenters. The van der Waals surface area contributed by atoms with Gasteiger partial charge in [-0.1, -0.05) is 42.5 Å². The van der Waals surface area contributed by atoms with Crippen LogP contribution in [0.4, 0.5) is 4.39 Å². The Balaban J connectivity index is 2.05. The molecule has 2 aromatic rings. The normalized spacial score (nSPS) is 14.2. The summed E-state index contributed by atoms with van der Waals surface area (Å²) in [7, 11) is 0. The first-order valence-electron chi connectivity index (χ1n) is 6.90. The number of aryl methyl sites for hydroxylation is 1. The average Bonchev–Trinajstić information content (AvgIpc) is 2.92. The van der Waals surface area contributed by atoms with E-state index >= 15 is 0 Å². The van der Waals surface area contributed by atoms with E-state index in [1.54, 1.807) is 0 Å². The minimum Gasteiger partial charge on any atom is -0.207 e. The Bertz CT molecular complexity index is 703. The lowest BCUT2D eigenvalue weighted by molar-refractivity contribution is 0.627. The molecule has 0 amide bonds. The molecule has 0 saturated carbocycles. The van der Waals surface area contributed by atoms with Crippen molar-refractivity contribution in [2.75, 3.05) is 0 Å². The Kier molecular flexibility index (Phi) is 3.27. The van der Waals surface area contributed by atoms with Gasteiger partial charge in [0.2, 0.25) is 0 Å². The van der Waals surface area contributed by atoms with Crippen molar-refractivity contribution in [2.24, 2.45) is 0 Å². The van der Waals surface area contributed by atoms with Crippen LogP contribution in [0.15, 0.2) is 54.6 Å². The first kappa shape index (κ1) is 12.9. The van der Waals surface area contributed by atoms with Crippen LogP contribution >= 0.6 is 0 Å². The Morgan fingerprint density at radius 1 is 0.850 bits per heavy atom. The first-order chi connectivity index (χ1) is 9.66. The third kappa shape index (κ3) is 2.20.